The van der Waals surface area contributed by atoms with Gasteiger partial charge in [-0.25, -0.2) is 0 Å². The lowest BCUT2D eigenvalue weighted by atomic mass is 10.0. The van der Waals surface area contributed by atoms with E-state index in [2.05, 4.69) is 0 Å². The number of aliphatic hydroxyl groups is 1. The minimum absolute atomic E-state index is 0.435. The third kappa shape index (κ3) is 2.65. The zero-order valence-electron chi connectivity index (χ0n) is 9.99. The van der Waals surface area contributed by atoms with Crippen LogP contribution in [0.15, 0.2) is 18.2 Å². The van der Waals surface area contributed by atoms with Gasteiger partial charge in [-0.3, -0.25) is 5.73 Å². The predicted molar refractivity (Wildman–Crippen MR) is 62.5 cm³/mol. The third-order valence-electron chi connectivity index (χ3n) is 2.50. The molecule has 0 fully saturated rings. The van der Waals surface area contributed by atoms with Crippen molar-refractivity contribution < 1.29 is 14.6 Å². The molecular formula is C12H19NO3. The van der Waals surface area contributed by atoms with E-state index in [0.717, 1.165) is 0 Å². The van der Waals surface area contributed by atoms with Crippen LogP contribution in [0.25, 0.3) is 0 Å². The molecule has 1 unspecified atom stereocenters. The van der Waals surface area contributed by atoms with Crippen LogP contribution in [0.2, 0.25) is 0 Å². The second-order valence-corrected chi connectivity index (χ2v) is 3.58. The maximum Gasteiger partial charge on any atom is 0.161 e. The molecule has 0 aliphatic heterocycles. The van der Waals surface area contributed by atoms with E-state index in [1.54, 1.807) is 25.3 Å². The van der Waals surface area contributed by atoms with Crippen molar-refractivity contribution in [3.8, 4) is 11.5 Å². The minimum Gasteiger partial charge on any atom is -0.493 e. The van der Waals surface area contributed by atoms with Crippen molar-refractivity contribution in [2.75, 3.05) is 13.7 Å². The standard InChI is InChI=1S/C12H19NO3/c1-4-12(13,14)9-6-7-10(15-3)11(8-9)16-5-2/h6-8,14H,4-5,13H2,1-3H3. The Morgan fingerprint density at radius 3 is 2.50 bits per heavy atom. The van der Waals surface area contributed by atoms with Gasteiger partial charge in [0.1, 0.15) is 5.72 Å². The second kappa shape index (κ2) is 5.18. The van der Waals surface area contributed by atoms with E-state index in [9.17, 15) is 5.11 Å². The topological polar surface area (TPSA) is 64.7 Å². The fourth-order valence-electron chi connectivity index (χ4n) is 1.42. The van der Waals surface area contributed by atoms with Gasteiger partial charge in [0.25, 0.3) is 0 Å². The van der Waals surface area contributed by atoms with Gasteiger partial charge in [0.15, 0.2) is 11.5 Å². The van der Waals surface area contributed by atoms with Crippen LogP contribution in [0.4, 0.5) is 0 Å². The Hall–Kier alpha value is -1.26. The summed E-state index contributed by atoms with van der Waals surface area (Å²) in [6.07, 6.45) is 0.435. The molecular weight excluding hydrogens is 206 g/mol. The lowest BCUT2D eigenvalue weighted by Crippen LogP contribution is -2.35. The number of hydrogen-bond acceptors (Lipinski definition) is 4. The maximum atomic E-state index is 9.93. The molecule has 90 valence electrons. The van der Waals surface area contributed by atoms with E-state index in [0.29, 0.717) is 30.1 Å². The SMILES string of the molecule is CCOc1cc(C(N)(O)CC)ccc1OC. The molecule has 3 N–H and O–H groups in total. The lowest BCUT2D eigenvalue weighted by molar-refractivity contribution is 0.0391. The van der Waals surface area contributed by atoms with E-state index >= 15 is 0 Å². The highest BCUT2D eigenvalue weighted by atomic mass is 16.5. The number of methoxy groups -OCH3 is 1. The van der Waals surface area contributed by atoms with E-state index in [1.807, 2.05) is 13.8 Å². The molecule has 16 heavy (non-hydrogen) atoms. The smallest absolute Gasteiger partial charge is 0.161 e. The van der Waals surface area contributed by atoms with Crippen molar-refractivity contribution in [3.63, 3.8) is 0 Å². The van der Waals surface area contributed by atoms with Gasteiger partial charge in [0, 0.05) is 5.56 Å². The Morgan fingerprint density at radius 1 is 1.31 bits per heavy atom. The summed E-state index contributed by atoms with van der Waals surface area (Å²) < 4.78 is 10.6. The van der Waals surface area contributed by atoms with Gasteiger partial charge in [-0.1, -0.05) is 13.0 Å². The molecule has 0 aliphatic carbocycles. The molecule has 0 saturated heterocycles. The lowest BCUT2D eigenvalue weighted by Gasteiger charge is -2.23. The fourth-order valence-corrected chi connectivity index (χ4v) is 1.42. The number of rotatable bonds is 5. The molecule has 1 atom stereocenters. The Labute approximate surface area is 96.0 Å². The van der Waals surface area contributed by atoms with Gasteiger partial charge in [-0.15, -0.1) is 0 Å². The van der Waals surface area contributed by atoms with E-state index < -0.39 is 5.72 Å². The summed E-state index contributed by atoms with van der Waals surface area (Å²) in [6, 6.07) is 5.20. The van der Waals surface area contributed by atoms with Gasteiger partial charge < -0.3 is 14.6 Å². The highest BCUT2D eigenvalue weighted by Crippen LogP contribution is 2.31. The highest BCUT2D eigenvalue weighted by Gasteiger charge is 2.22. The number of nitrogens with two attached hydrogens (primary N) is 1. The Kier molecular flexibility index (Phi) is 4.15. The normalized spacial score (nSPS) is 14.3. The molecule has 0 aromatic heterocycles. The molecule has 0 bridgehead atoms. The molecule has 4 heteroatoms. The van der Waals surface area contributed by atoms with Crippen LogP contribution >= 0.6 is 0 Å². The van der Waals surface area contributed by atoms with Crippen LogP contribution in [0.5, 0.6) is 11.5 Å². The van der Waals surface area contributed by atoms with Crippen molar-refractivity contribution in [1.29, 1.82) is 0 Å². The Morgan fingerprint density at radius 2 is 2.00 bits per heavy atom. The second-order valence-electron chi connectivity index (χ2n) is 3.58. The van der Waals surface area contributed by atoms with Crippen molar-refractivity contribution in [1.82, 2.24) is 0 Å². The average molecular weight is 225 g/mol. The van der Waals surface area contributed by atoms with Gasteiger partial charge in [-0.05, 0) is 25.5 Å². The van der Waals surface area contributed by atoms with Crippen LogP contribution in [-0.2, 0) is 5.72 Å². The molecule has 0 radical (unpaired) electrons. The van der Waals surface area contributed by atoms with Crippen LogP contribution in [-0.4, -0.2) is 18.8 Å². The maximum absolute atomic E-state index is 9.93. The fraction of sp³-hybridized carbons (Fsp3) is 0.500. The molecule has 1 rings (SSSR count). The van der Waals surface area contributed by atoms with Crippen LogP contribution < -0.4 is 15.2 Å². The molecule has 1 aromatic carbocycles. The molecule has 0 saturated carbocycles. The molecule has 0 amide bonds. The first-order valence-corrected chi connectivity index (χ1v) is 5.37. The zero-order valence-corrected chi connectivity index (χ0v) is 9.99. The first kappa shape index (κ1) is 12.8. The summed E-state index contributed by atoms with van der Waals surface area (Å²) in [5, 5.41) is 9.93. The van der Waals surface area contributed by atoms with Crippen molar-refractivity contribution in [3.05, 3.63) is 23.8 Å². The van der Waals surface area contributed by atoms with Crippen molar-refractivity contribution >= 4 is 0 Å². The summed E-state index contributed by atoms with van der Waals surface area (Å²) >= 11 is 0. The van der Waals surface area contributed by atoms with Gasteiger partial charge in [-0.2, -0.15) is 0 Å². The highest BCUT2D eigenvalue weighted by molar-refractivity contribution is 5.44. The Bertz CT molecular complexity index is 350. The number of benzene rings is 1. The summed E-state index contributed by atoms with van der Waals surface area (Å²) in [5.74, 6) is 1.23. The van der Waals surface area contributed by atoms with Crippen molar-refractivity contribution in [2.45, 2.75) is 26.0 Å². The number of ether oxygens (including phenoxy) is 2. The molecule has 4 nitrogen and oxygen atoms in total. The van der Waals surface area contributed by atoms with Crippen molar-refractivity contribution in [2.24, 2.45) is 5.73 Å². The Balaban J connectivity index is 3.11. The molecule has 0 spiro atoms. The zero-order chi connectivity index (χ0) is 12.2. The average Bonchev–Trinajstić information content (AvgIpc) is 2.29. The largest absolute Gasteiger partial charge is 0.493 e. The molecule has 0 aliphatic rings. The predicted octanol–water partition coefficient (Wildman–Crippen LogP) is 1.61. The summed E-state index contributed by atoms with van der Waals surface area (Å²) in [6.45, 7) is 4.25. The van der Waals surface area contributed by atoms with Gasteiger partial charge in [0.05, 0.1) is 13.7 Å². The number of hydrogen-bond donors (Lipinski definition) is 2. The van der Waals surface area contributed by atoms with Gasteiger partial charge >= 0.3 is 0 Å². The minimum atomic E-state index is -1.32. The third-order valence-corrected chi connectivity index (χ3v) is 2.50. The van der Waals surface area contributed by atoms with E-state index in [4.69, 9.17) is 15.2 Å². The van der Waals surface area contributed by atoms with E-state index in [-0.39, 0.29) is 0 Å². The molecule has 1 aromatic rings. The van der Waals surface area contributed by atoms with Crippen LogP contribution in [0.1, 0.15) is 25.8 Å². The monoisotopic (exact) mass is 225 g/mol. The first-order chi connectivity index (χ1) is 7.55. The molecule has 0 heterocycles. The quantitative estimate of drug-likeness (QED) is 0.747. The summed E-state index contributed by atoms with van der Waals surface area (Å²) in [7, 11) is 1.58. The summed E-state index contributed by atoms with van der Waals surface area (Å²) in [5.41, 5.74) is 5.06. The van der Waals surface area contributed by atoms with E-state index in [1.165, 1.54) is 0 Å². The first-order valence-electron chi connectivity index (χ1n) is 5.37. The van der Waals surface area contributed by atoms with Crippen LogP contribution in [0, 0.1) is 0 Å². The summed E-state index contributed by atoms with van der Waals surface area (Å²) in [4.78, 5) is 0. The van der Waals surface area contributed by atoms with Crippen LogP contribution in [0.3, 0.4) is 0 Å². The van der Waals surface area contributed by atoms with Gasteiger partial charge in [0.2, 0.25) is 0 Å².